The SMILES string of the molecule is COc1ccc(CN(Cc2ccc(OC)cc2)c2cc(C)cc(-c3c(SC(F)(F)F)cc4c(N5CCN(C(=O)OC(C)(C)C)C[C@@H]5C)nc(F)nc4c3F)n2)cc1. The third-order valence-electron chi connectivity index (χ3n) is 9.23. The zero-order valence-electron chi connectivity index (χ0n) is 32.6. The molecule has 1 amide bonds. The van der Waals surface area contributed by atoms with Crippen LogP contribution in [-0.2, 0) is 17.8 Å². The summed E-state index contributed by atoms with van der Waals surface area (Å²) in [5.41, 5.74) is -4.26. The maximum absolute atomic E-state index is 17.0. The van der Waals surface area contributed by atoms with Gasteiger partial charge in [-0.3, -0.25) is 0 Å². The minimum absolute atomic E-state index is 0.0913. The minimum atomic E-state index is -4.83. The average Bonchev–Trinajstić information content (AvgIpc) is 3.14. The number of hydrogen-bond acceptors (Lipinski definition) is 10. The molecule has 0 unspecified atom stereocenters. The Bertz CT molecular complexity index is 2190. The summed E-state index contributed by atoms with van der Waals surface area (Å²) in [6, 6.07) is 18.7. The minimum Gasteiger partial charge on any atom is -0.497 e. The Balaban J connectivity index is 1.45. The first-order chi connectivity index (χ1) is 26.9. The molecule has 5 aromatic rings. The predicted molar refractivity (Wildman–Crippen MR) is 210 cm³/mol. The Labute approximate surface area is 332 Å². The molecule has 1 atom stereocenters. The van der Waals surface area contributed by atoms with E-state index < -0.39 is 62.9 Å². The van der Waals surface area contributed by atoms with Crippen LogP contribution >= 0.6 is 11.8 Å². The van der Waals surface area contributed by atoms with E-state index in [1.54, 1.807) is 59.8 Å². The third kappa shape index (κ3) is 9.96. The smallest absolute Gasteiger partial charge is 0.446 e. The molecule has 0 aliphatic carbocycles. The molecule has 3 heterocycles. The van der Waals surface area contributed by atoms with Crippen LogP contribution in [-0.4, -0.2) is 77.0 Å². The Morgan fingerprint density at radius 1 is 0.877 bits per heavy atom. The number of aryl methyl sites for hydroxylation is 1. The van der Waals surface area contributed by atoms with Gasteiger partial charge in [-0.05, 0) is 106 Å². The van der Waals surface area contributed by atoms with Crippen LogP contribution in [0.5, 0.6) is 11.5 Å². The van der Waals surface area contributed by atoms with Gasteiger partial charge in [0.2, 0.25) is 0 Å². The summed E-state index contributed by atoms with van der Waals surface area (Å²) >= 11 is -0.501. The van der Waals surface area contributed by atoms with Crippen molar-refractivity contribution < 1.29 is 41.0 Å². The lowest BCUT2D eigenvalue weighted by Crippen LogP contribution is -2.55. The topological polar surface area (TPSA) is 93.2 Å². The van der Waals surface area contributed by atoms with E-state index >= 15 is 8.78 Å². The summed E-state index contributed by atoms with van der Waals surface area (Å²) in [4.78, 5) is 29.9. The molecule has 0 radical (unpaired) electrons. The number of halogens is 5. The number of hydrogen-bond donors (Lipinski definition) is 0. The highest BCUT2D eigenvalue weighted by atomic mass is 32.2. The Hall–Kier alpha value is -5.38. The number of carbonyl (C=O) groups excluding carboxylic acids is 1. The number of alkyl halides is 3. The number of ether oxygens (including phenoxy) is 3. The highest BCUT2D eigenvalue weighted by molar-refractivity contribution is 8.00. The second-order valence-electron chi connectivity index (χ2n) is 14.7. The van der Waals surface area contributed by atoms with Crippen molar-refractivity contribution in [3.63, 3.8) is 0 Å². The standard InChI is InChI=1S/C41H43F5N6O4S/c1-24-18-31(47-33(19-24)51(22-26-8-12-28(54-6)13-9-26)23-27-10-14-29(55-7)15-11-27)34-32(57-41(44,45)46)20-30-36(35(34)42)48-38(43)49-37(30)52-17-16-50(21-25(52)2)39(53)56-40(3,4)5/h8-15,18-20,25H,16-17,21-23H2,1-7H3/t25-/m0/s1. The van der Waals surface area contributed by atoms with E-state index in [0.29, 0.717) is 36.0 Å². The lowest BCUT2D eigenvalue weighted by molar-refractivity contribution is -0.0328. The van der Waals surface area contributed by atoms with Gasteiger partial charge in [-0.1, -0.05) is 24.3 Å². The number of thioether (sulfide) groups is 1. The summed E-state index contributed by atoms with van der Waals surface area (Å²) in [5.74, 6) is 0.428. The number of benzene rings is 3. The largest absolute Gasteiger partial charge is 0.497 e. The summed E-state index contributed by atoms with van der Waals surface area (Å²) in [6.07, 6.45) is -1.80. The van der Waals surface area contributed by atoms with Gasteiger partial charge in [-0.25, -0.2) is 14.2 Å². The van der Waals surface area contributed by atoms with Crippen LogP contribution in [0.25, 0.3) is 22.2 Å². The molecular formula is C41H43F5N6O4S. The van der Waals surface area contributed by atoms with E-state index in [9.17, 15) is 18.0 Å². The fourth-order valence-electron chi connectivity index (χ4n) is 6.65. The maximum atomic E-state index is 17.0. The third-order valence-corrected chi connectivity index (χ3v) is 10.00. The number of carbonyl (C=O) groups is 1. The summed E-state index contributed by atoms with van der Waals surface area (Å²) in [6.45, 7) is 9.80. The lowest BCUT2D eigenvalue weighted by Gasteiger charge is -2.41. The fourth-order valence-corrected chi connectivity index (χ4v) is 7.37. The van der Waals surface area contributed by atoms with E-state index in [0.717, 1.165) is 17.2 Å². The molecule has 10 nitrogen and oxygen atoms in total. The van der Waals surface area contributed by atoms with Crippen LogP contribution in [0.15, 0.2) is 71.6 Å². The highest BCUT2D eigenvalue weighted by Crippen LogP contribution is 2.46. The fraction of sp³-hybridized carbons (Fsp3) is 0.366. The van der Waals surface area contributed by atoms with Crippen molar-refractivity contribution in [3.8, 4) is 22.8 Å². The second-order valence-corrected chi connectivity index (χ2v) is 15.8. The van der Waals surface area contributed by atoms with Crippen LogP contribution < -0.4 is 19.3 Å². The molecule has 0 spiro atoms. The monoisotopic (exact) mass is 810 g/mol. The van der Waals surface area contributed by atoms with Gasteiger partial charge in [0.1, 0.15) is 34.3 Å². The molecule has 0 saturated carbocycles. The Morgan fingerprint density at radius 2 is 1.47 bits per heavy atom. The van der Waals surface area contributed by atoms with Crippen molar-refractivity contribution in [2.45, 2.75) is 69.8 Å². The van der Waals surface area contributed by atoms with Crippen molar-refractivity contribution in [3.05, 3.63) is 95.3 Å². The Morgan fingerprint density at radius 3 is 2.00 bits per heavy atom. The number of fused-ring (bicyclic) bond motifs is 1. The molecule has 0 bridgehead atoms. The van der Waals surface area contributed by atoms with Crippen LogP contribution in [0.1, 0.15) is 44.4 Å². The van der Waals surface area contributed by atoms with Gasteiger partial charge in [0.05, 0.1) is 25.5 Å². The van der Waals surface area contributed by atoms with Crippen molar-refractivity contribution in [2.75, 3.05) is 43.7 Å². The molecule has 302 valence electrons. The highest BCUT2D eigenvalue weighted by Gasteiger charge is 2.36. The zero-order valence-corrected chi connectivity index (χ0v) is 33.4. The van der Waals surface area contributed by atoms with Crippen molar-refractivity contribution in [2.24, 2.45) is 0 Å². The van der Waals surface area contributed by atoms with E-state index in [2.05, 4.69) is 9.97 Å². The van der Waals surface area contributed by atoms with Crippen molar-refractivity contribution in [1.29, 1.82) is 0 Å². The molecular weight excluding hydrogens is 768 g/mol. The number of pyridine rings is 1. The number of amides is 1. The average molecular weight is 811 g/mol. The van der Waals surface area contributed by atoms with Gasteiger partial charge in [-0.2, -0.15) is 27.5 Å². The normalized spacial score (nSPS) is 14.8. The number of rotatable bonds is 10. The number of methoxy groups -OCH3 is 2. The van der Waals surface area contributed by atoms with Gasteiger partial charge in [0.25, 0.3) is 0 Å². The molecule has 57 heavy (non-hydrogen) atoms. The quantitative estimate of drug-likeness (QED) is 0.0772. The van der Waals surface area contributed by atoms with Gasteiger partial charge in [0.15, 0.2) is 5.82 Å². The number of nitrogens with zero attached hydrogens (tertiary/aromatic N) is 6. The Kier molecular flexibility index (Phi) is 12.0. The second kappa shape index (κ2) is 16.6. The molecule has 16 heteroatoms. The predicted octanol–water partition coefficient (Wildman–Crippen LogP) is 9.56. The first kappa shape index (κ1) is 41.3. The molecule has 3 aromatic carbocycles. The van der Waals surface area contributed by atoms with E-state index in [1.165, 1.54) is 11.0 Å². The first-order valence-corrected chi connectivity index (χ1v) is 18.9. The van der Waals surface area contributed by atoms with E-state index in [-0.39, 0.29) is 36.5 Å². The summed E-state index contributed by atoms with van der Waals surface area (Å²) in [5, 5.41) is -0.115. The molecule has 1 aliphatic rings. The van der Waals surface area contributed by atoms with Crippen molar-refractivity contribution >= 4 is 40.4 Å². The van der Waals surface area contributed by atoms with Crippen LogP contribution in [0.3, 0.4) is 0 Å². The van der Waals surface area contributed by atoms with E-state index in [4.69, 9.17) is 19.2 Å². The number of piperazine rings is 1. The maximum Gasteiger partial charge on any atom is 0.446 e. The molecule has 0 N–H and O–H groups in total. The van der Waals surface area contributed by atoms with E-state index in [1.807, 2.05) is 53.4 Å². The summed E-state index contributed by atoms with van der Waals surface area (Å²) < 4.78 is 91.4. The molecule has 2 aromatic heterocycles. The number of aromatic nitrogens is 3. The van der Waals surface area contributed by atoms with Gasteiger partial charge < -0.3 is 28.9 Å². The lowest BCUT2D eigenvalue weighted by atomic mass is 10.0. The summed E-state index contributed by atoms with van der Waals surface area (Å²) in [7, 11) is 3.13. The van der Waals surface area contributed by atoms with Crippen molar-refractivity contribution in [1.82, 2.24) is 19.9 Å². The van der Waals surface area contributed by atoms with Crippen LogP contribution in [0.4, 0.5) is 38.4 Å². The van der Waals surface area contributed by atoms with Gasteiger partial charge in [0, 0.05) is 49.0 Å². The number of anilines is 2. The molecule has 1 aliphatic heterocycles. The van der Waals surface area contributed by atoms with Gasteiger partial charge >= 0.3 is 17.7 Å². The van der Waals surface area contributed by atoms with Crippen LogP contribution in [0, 0.1) is 18.8 Å². The molecule has 6 rings (SSSR count). The zero-order chi connectivity index (χ0) is 41.2. The van der Waals surface area contributed by atoms with Crippen LogP contribution in [0.2, 0.25) is 0 Å². The molecule has 1 saturated heterocycles. The first-order valence-electron chi connectivity index (χ1n) is 18.1. The van der Waals surface area contributed by atoms with Gasteiger partial charge in [-0.15, -0.1) is 0 Å². The molecule has 1 fully saturated rings.